The van der Waals surface area contributed by atoms with Crippen LogP contribution in [0.25, 0.3) is 11.5 Å². The molecule has 72 valence electrons. The Bertz CT molecular complexity index is 488. The van der Waals surface area contributed by atoms with E-state index >= 15 is 0 Å². The first-order valence-corrected chi connectivity index (χ1v) is 3.84. The highest BCUT2D eigenvalue weighted by molar-refractivity contribution is 5.52. The summed E-state index contributed by atoms with van der Waals surface area (Å²) in [7, 11) is 1.53. The predicted octanol–water partition coefficient (Wildman–Crippen LogP) is 0.433. The number of methoxy groups -OCH3 is 1. The van der Waals surface area contributed by atoms with Crippen LogP contribution in [0.2, 0.25) is 0 Å². The second-order valence-corrected chi connectivity index (χ2v) is 2.53. The first-order valence-electron chi connectivity index (χ1n) is 3.84. The number of aromatic nitrogens is 3. The molecule has 0 amide bonds. The molecule has 0 fully saturated rings. The molecule has 0 atom stereocenters. The summed E-state index contributed by atoms with van der Waals surface area (Å²) >= 11 is 0. The summed E-state index contributed by atoms with van der Waals surface area (Å²) in [5.74, 6) is 0.178. The number of nitrogens with one attached hydrogen (secondary N) is 1. The summed E-state index contributed by atoms with van der Waals surface area (Å²) in [6, 6.07) is 1.67. The Balaban J connectivity index is 2.46. The molecule has 1 N–H and O–H groups in total. The monoisotopic (exact) mass is 193 g/mol. The molecule has 0 aromatic carbocycles. The summed E-state index contributed by atoms with van der Waals surface area (Å²) in [5, 5.41) is 5.83. The highest BCUT2D eigenvalue weighted by Crippen LogP contribution is 2.18. The van der Waals surface area contributed by atoms with Crippen molar-refractivity contribution in [1.29, 1.82) is 0 Å². The lowest BCUT2D eigenvalue weighted by Gasteiger charge is -1.98. The summed E-state index contributed by atoms with van der Waals surface area (Å²) < 4.78 is 9.71. The van der Waals surface area contributed by atoms with E-state index in [1.807, 2.05) is 0 Å². The van der Waals surface area contributed by atoms with E-state index in [2.05, 4.69) is 15.2 Å². The lowest BCUT2D eigenvalue weighted by Crippen LogP contribution is -1.93. The van der Waals surface area contributed by atoms with Crippen LogP contribution in [-0.4, -0.2) is 22.3 Å². The van der Waals surface area contributed by atoms with Crippen molar-refractivity contribution in [2.24, 2.45) is 0 Å². The van der Waals surface area contributed by atoms with Crippen LogP contribution in [0.4, 0.5) is 0 Å². The van der Waals surface area contributed by atoms with Crippen LogP contribution in [0.15, 0.2) is 27.7 Å². The van der Waals surface area contributed by atoms with Gasteiger partial charge in [0.15, 0.2) is 0 Å². The van der Waals surface area contributed by atoms with E-state index in [0.29, 0.717) is 11.3 Å². The molecule has 0 saturated carbocycles. The molecule has 14 heavy (non-hydrogen) atoms. The third-order valence-electron chi connectivity index (χ3n) is 1.63. The van der Waals surface area contributed by atoms with Crippen LogP contribution in [0.1, 0.15) is 0 Å². The summed E-state index contributed by atoms with van der Waals surface area (Å²) in [4.78, 5) is 14.6. The van der Waals surface area contributed by atoms with Gasteiger partial charge in [-0.25, -0.2) is 9.89 Å². The second kappa shape index (κ2) is 3.33. The molecule has 2 heterocycles. The van der Waals surface area contributed by atoms with Gasteiger partial charge < -0.3 is 9.15 Å². The molecule has 2 aromatic rings. The van der Waals surface area contributed by atoms with Gasteiger partial charge in [-0.3, -0.25) is 4.98 Å². The van der Waals surface area contributed by atoms with Crippen LogP contribution in [0.3, 0.4) is 0 Å². The number of nitrogens with zero attached hydrogens (tertiary/aromatic N) is 2. The van der Waals surface area contributed by atoms with Gasteiger partial charge in [0, 0.05) is 6.20 Å². The van der Waals surface area contributed by atoms with Gasteiger partial charge in [0.1, 0.15) is 5.75 Å². The summed E-state index contributed by atoms with van der Waals surface area (Å²) in [5.41, 5.74) is 0.586. The molecule has 0 saturated heterocycles. The lowest BCUT2D eigenvalue weighted by molar-refractivity contribution is 0.412. The van der Waals surface area contributed by atoms with E-state index in [0.717, 1.165) is 0 Å². The maximum absolute atomic E-state index is 10.7. The average molecular weight is 193 g/mol. The molecule has 0 aliphatic rings. The minimum Gasteiger partial charge on any atom is -0.495 e. The van der Waals surface area contributed by atoms with E-state index in [4.69, 9.17) is 9.15 Å². The van der Waals surface area contributed by atoms with E-state index < -0.39 is 5.76 Å². The fourth-order valence-electron chi connectivity index (χ4n) is 1.00. The zero-order valence-electron chi connectivity index (χ0n) is 7.35. The van der Waals surface area contributed by atoms with Crippen molar-refractivity contribution >= 4 is 0 Å². The molecule has 0 aliphatic carbocycles. The van der Waals surface area contributed by atoms with Gasteiger partial charge in [0.05, 0.1) is 18.9 Å². The Kier molecular flexibility index (Phi) is 2.02. The molecular weight excluding hydrogens is 186 g/mol. The molecule has 2 aromatic heterocycles. The number of ether oxygens (including phenoxy) is 1. The Morgan fingerprint density at radius 2 is 2.36 bits per heavy atom. The lowest BCUT2D eigenvalue weighted by atomic mass is 10.3. The van der Waals surface area contributed by atoms with Crippen molar-refractivity contribution < 1.29 is 9.15 Å². The van der Waals surface area contributed by atoms with Crippen molar-refractivity contribution in [2.45, 2.75) is 0 Å². The van der Waals surface area contributed by atoms with Crippen molar-refractivity contribution in [3.05, 3.63) is 29.0 Å². The molecule has 0 unspecified atom stereocenters. The SMILES string of the molecule is COc1cncc(-c2n[nH]c(=O)o2)c1. The maximum atomic E-state index is 10.7. The third kappa shape index (κ3) is 1.49. The van der Waals surface area contributed by atoms with Crippen LogP contribution >= 0.6 is 0 Å². The zero-order chi connectivity index (χ0) is 9.97. The van der Waals surface area contributed by atoms with E-state index in [9.17, 15) is 4.79 Å². The molecular formula is C8H7N3O3. The number of rotatable bonds is 2. The number of H-pyrrole nitrogens is 1. The van der Waals surface area contributed by atoms with Gasteiger partial charge in [-0.2, -0.15) is 0 Å². The van der Waals surface area contributed by atoms with Gasteiger partial charge in [0.25, 0.3) is 5.89 Å². The van der Waals surface area contributed by atoms with Gasteiger partial charge in [0.2, 0.25) is 0 Å². The molecule has 0 radical (unpaired) electrons. The standard InChI is InChI=1S/C8H7N3O3/c1-13-6-2-5(3-9-4-6)7-10-11-8(12)14-7/h2-4H,1H3,(H,11,12). The van der Waals surface area contributed by atoms with Crippen molar-refractivity contribution in [3.8, 4) is 17.2 Å². The van der Waals surface area contributed by atoms with E-state index in [-0.39, 0.29) is 5.89 Å². The molecule has 0 aliphatic heterocycles. The summed E-state index contributed by atoms with van der Waals surface area (Å²) in [6.45, 7) is 0. The van der Waals surface area contributed by atoms with Gasteiger partial charge in [-0.05, 0) is 6.07 Å². The molecule has 6 heteroatoms. The first kappa shape index (κ1) is 8.49. The number of hydrogen-bond acceptors (Lipinski definition) is 5. The Labute approximate surface area is 78.6 Å². The maximum Gasteiger partial charge on any atom is 0.434 e. The van der Waals surface area contributed by atoms with Gasteiger partial charge in [-0.15, -0.1) is 5.10 Å². The summed E-state index contributed by atoms with van der Waals surface area (Å²) in [6.07, 6.45) is 3.08. The van der Waals surface area contributed by atoms with Crippen molar-refractivity contribution in [2.75, 3.05) is 7.11 Å². The average Bonchev–Trinajstić information content (AvgIpc) is 2.65. The van der Waals surface area contributed by atoms with E-state index in [1.165, 1.54) is 13.3 Å². The van der Waals surface area contributed by atoms with Crippen molar-refractivity contribution in [1.82, 2.24) is 15.2 Å². The topological polar surface area (TPSA) is 81.0 Å². The zero-order valence-corrected chi connectivity index (χ0v) is 7.35. The second-order valence-electron chi connectivity index (χ2n) is 2.53. The van der Waals surface area contributed by atoms with Crippen molar-refractivity contribution in [3.63, 3.8) is 0 Å². The molecule has 0 bridgehead atoms. The smallest absolute Gasteiger partial charge is 0.434 e. The fourth-order valence-corrected chi connectivity index (χ4v) is 1.00. The number of pyridine rings is 1. The number of aromatic amines is 1. The van der Waals surface area contributed by atoms with Crippen LogP contribution in [0.5, 0.6) is 5.75 Å². The highest BCUT2D eigenvalue weighted by atomic mass is 16.5. The van der Waals surface area contributed by atoms with E-state index in [1.54, 1.807) is 12.3 Å². The normalized spacial score (nSPS) is 10.1. The predicted molar refractivity (Wildman–Crippen MR) is 46.9 cm³/mol. The Hall–Kier alpha value is -2.11. The third-order valence-corrected chi connectivity index (χ3v) is 1.63. The largest absolute Gasteiger partial charge is 0.495 e. The minimum atomic E-state index is -0.595. The number of hydrogen-bond donors (Lipinski definition) is 1. The first-order chi connectivity index (χ1) is 6.79. The van der Waals surface area contributed by atoms with Crippen LogP contribution in [-0.2, 0) is 0 Å². The van der Waals surface area contributed by atoms with Crippen LogP contribution in [0, 0.1) is 0 Å². The van der Waals surface area contributed by atoms with Gasteiger partial charge >= 0.3 is 5.76 Å². The molecule has 0 spiro atoms. The molecule has 6 nitrogen and oxygen atoms in total. The minimum absolute atomic E-state index is 0.196. The fraction of sp³-hybridized carbons (Fsp3) is 0.125. The molecule has 2 rings (SSSR count). The van der Waals surface area contributed by atoms with Gasteiger partial charge in [-0.1, -0.05) is 0 Å². The van der Waals surface area contributed by atoms with Crippen LogP contribution < -0.4 is 10.5 Å². The highest BCUT2D eigenvalue weighted by Gasteiger charge is 2.06. The Morgan fingerprint density at radius 1 is 1.50 bits per heavy atom. The quantitative estimate of drug-likeness (QED) is 0.748. The Morgan fingerprint density at radius 3 is 3.00 bits per heavy atom.